The Morgan fingerprint density at radius 2 is 1.86 bits per heavy atom. The van der Waals surface area contributed by atoms with Crippen LogP contribution in [0.2, 0.25) is 0 Å². The minimum Gasteiger partial charge on any atom is -0.496 e. The van der Waals surface area contributed by atoms with Crippen molar-refractivity contribution in [1.29, 1.82) is 0 Å². The van der Waals surface area contributed by atoms with Crippen molar-refractivity contribution in [3.63, 3.8) is 0 Å². The standard InChI is InChI=1S/C22H23N3O4/c1-4-29-22(27)21-17(23-14-16-10-6-8-12-19(16)28-3)13-20(26)25(24-21)18-11-7-5-9-15(18)2/h5-13,23H,4,14H2,1-3H3. The van der Waals surface area contributed by atoms with E-state index in [1.165, 1.54) is 10.7 Å². The number of nitrogens with one attached hydrogen (secondary N) is 1. The molecule has 0 aliphatic carbocycles. The van der Waals surface area contributed by atoms with E-state index in [1.54, 1.807) is 20.1 Å². The maximum Gasteiger partial charge on any atom is 0.360 e. The Morgan fingerprint density at radius 1 is 1.14 bits per heavy atom. The fourth-order valence-electron chi connectivity index (χ4n) is 2.95. The summed E-state index contributed by atoms with van der Waals surface area (Å²) in [4.78, 5) is 25.3. The van der Waals surface area contributed by atoms with Crippen LogP contribution in [0.4, 0.5) is 5.69 Å². The molecular formula is C22H23N3O4. The Labute approximate surface area is 168 Å². The molecule has 3 rings (SSSR count). The molecule has 3 aromatic rings. The van der Waals surface area contributed by atoms with Crippen molar-refractivity contribution >= 4 is 11.7 Å². The molecule has 1 heterocycles. The lowest BCUT2D eigenvalue weighted by atomic mass is 10.2. The van der Waals surface area contributed by atoms with E-state index in [-0.39, 0.29) is 17.9 Å². The van der Waals surface area contributed by atoms with E-state index in [0.29, 0.717) is 23.7 Å². The van der Waals surface area contributed by atoms with Gasteiger partial charge in [-0.2, -0.15) is 9.78 Å². The van der Waals surface area contributed by atoms with E-state index >= 15 is 0 Å². The highest BCUT2D eigenvalue weighted by molar-refractivity contribution is 5.93. The average molecular weight is 393 g/mol. The van der Waals surface area contributed by atoms with Crippen molar-refractivity contribution in [3.05, 3.63) is 81.8 Å². The third-order valence-electron chi connectivity index (χ3n) is 4.41. The molecule has 0 saturated heterocycles. The summed E-state index contributed by atoms with van der Waals surface area (Å²) in [7, 11) is 1.59. The molecule has 0 atom stereocenters. The molecule has 150 valence electrons. The van der Waals surface area contributed by atoms with Crippen LogP contribution in [0.15, 0.2) is 59.4 Å². The molecule has 0 bridgehead atoms. The number of nitrogens with zero attached hydrogens (tertiary/aromatic N) is 2. The third kappa shape index (κ3) is 4.45. The molecule has 2 aromatic carbocycles. The molecule has 1 aromatic heterocycles. The van der Waals surface area contributed by atoms with Crippen LogP contribution in [0, 0.1) is 6.92 Å². The molecule has 0 amide bonds. The molecule has 0 aliphatic rings. The van der Waals surface area contributed by atoms with Gasteiger partial charge in [-0.05, 0) is 31.5 Å². The van der Waals surface area contributed by atoms with Crippen LogP contribution in [0.3, 0.4) is 0 Å². The van der Waals surface area contributed by atoms with Crippen LogP contribution in [-0.4, -0.2) is 29.5 Å². The first-order valence-electron chi connectivity index (χ1n) is 9.28. The summed E-state index contributed by atoms with van der Waals surface area (Å²) in [6.07, 6.45) is 0. The second-order valence-electron chi connectivity index (χ2n) is 6.33. The number of aromatic nitrogens is 2. The van der Waals surface area contributed by atoms with E-state index in [9.17, 15) is 9.59 Å². The first kappa shape index (κ1) is 20.1. The normalized spacial score (nSPS) is 10.4. The molecule has 0 unspecified atom stereocenters. The highest BCUT2D eigenvalue weighted by Gasteiger charge is 2.19. The van der Waals surface area contributed by atoms with Crippen LogP contribution in [0.1, 0.15) is 28.5 Å². The monoisotopic (exact) mass is 393 g/mol. The fourth-order valence-corrected chi connectivity index (χ4v) is 2.95. The number of methoxy groups -OCH3 is 1. The van der Waals surface area contributed by atoms with E-state index in [2.05, 4.69) is 10.4 Å². The first-order valence-corrected chi connectivity index (χ1v) is 9.28. The van der Waals surface area contributed by atoms with Crippen molar-refractivity contribution < 1.29 is 14.3 Å². The van der Waals surface area contributed by atoms with Gasteiger partial charge in [0.05, 0.1) is 25.1 Å². The summed E-state index contributed by atoms with van der Waals surface area (Å²) in [6.45, 7) is 4.15. The molecule has 7 heteroatoms. The molecule has 1 N–H and O–H groups in total. The summed E-state index contributed by atoms with van der Waals surface area (Å²) in [5.41, 5.74) is 2.36. The largest absolute Gasteiger partial charge is 0.496 e. The van der Waals surface area contributed by atoms with Crippen LogP contribution >= 0.6 is 0 Å². The van der Waals surface area contributed by atoms with Gasteiger partial charge in [-0.1, -0.05) is 36.4 Å². The minimum absolute atomic E-state index is 0.0459. The number of rotatable bonds is 7. The molecular weight excluding hydrogens is 370 g/mol. The quantitative estimate of drug-likeness (QED) is 0.620. The van der Waals surface area contributed by atoms with Gasteiger partial charge < -0.3 is 14.8 Å². The highest BCUT2D eigenvalue weighted by atomic mass is 16.5. The Kier molecular flexibility index (Phi) is 6.29. The lowest BCUT2D eigenvalue weighted by Crippen LogP contribution is -2.26. The molecule has 0 radical (unpaired) electrons. The van der Waals surface area contributed by atoms with Crippen molar-refractivity contribution in [1.82, 2.24) is 9.78 Å². The first-order chi connectivity index (χ1) is 14.0. The Morgan fingerprint density at radius 3 is 2.59 bits per heavy atom. The predicted octanol–water partition coefficient (Wildman–Crippen LogP) is 3.34. The molecule has 0 spiro atoms. The number of hydrogen-bond donors (Lipinski definition) is 1. The summed E-state index contributed by atoms with van der Waals surface area (Å²) >= 11 is 0. The van der Waals surface area contributed by atoms with Gasteiger partial charge in [0.15, 0.2) is 5.69 Å². The summed E-state index contributed by atoms with van der Waals surface area (Å²) in [6, 6.07) is 16.2. The van der Waals surface area contributed by atoms with Gasteiger partial charge in [0.2, 0.25) is 0 Å². The van der Waals surface area contributed by atoms with Crippen molar-refractivity contribution in [3.8, 4) is 11.4 Å². The number of esters is 1. The molecule has 29 heavy (non-hydrogen) atoms. The van der Waals surface area contributed by atoms with Gasteiger partial charge >= 0.3 is 5.97 Å². The van der Waals surface area contributed by atoms with Crippen LogP contribution in [0.5, 0.6) is 5.75 Å². The van der Waals surface area contributed by atoms with E-state index in [4.69, 9.17) is 9.47 Å². The van der Waals surface area contributed by atoms with Gasteiger partial charge in [0, 0.05) is 18.2 Å². The maximum absolute atomic E-state index is 12.7. The number of anilines is 1. The van der Waals surface area contributed by atoms with E-state index in [1.807, 2.05) is 49.4 Å². The number of ether oxygens (including phenoxy) is 2. The average Bonchev–Trinajstić information content (AvgIpc) is 2.73. The van der Waals surface area contributed by atoms with Gasteiger partial charge in [-0.15, -0.1) is 0 Å². The molecule has 0 aliphatic heterocycles. The van der Waals surface area contributed by atoms with Crippen LogP contribution in [0.25, 0.3) is 5.69 Å². The van der Waals surface area contributed by atoms with Crippen molar-refractivity contribution in [2.45, 2.75) is 20.4 Å². The fraction of sp³-hybridized carbons (Fsp3) is 0.227. The summed E-state index contributed by atoms with van der Waals surface area (Å²) < 4.78 is 11.7. The number of para-hydroxylation sites is 2. The van der Waals surface area contributed by atoms with Crippen LogP contribution < -0.4 is 15.6 Å². The Bertz CT molecular complexity index is 1080. The van der Waals surface area contributed by atoms with Gasteiger partial charge in [0.1, 0.15) is 5.75 Å². The number of hydrogen-bond acceptors (Lipinski definition) is 6. The van der Waals surface area contributed by atoms with Gasteiger partial charge in [-0.3, -0.25) is 4.79 Å². The van der Waals surface area contributed by atoms with E-state index < -0.39 is 5.97 Å². The second kappa shape index (κ2) is 9.05. The van der Waals surface area contributed by atoms with Crippen molar-refractivity contribution in [2.75, 3.05) is 19.0 Å². The Balaban J connectivity index is 2.02. The topological polar surface area (TPSA) is 82.5 Å². The lowest BCUT2D eigenvalue weighted by molar-refractivity contribution is 0.0518. The zero-order valence-corrected chi connectivity index (χ0v) is 16.6. The van der Waals surface area contributed by atoms with E-state index in [0.717, 1.165) is 11.1 Å². The summed E-state index contributed by atoms with van der Waals surface area (Å²) in [5.74, 6) is 0.108. The second-order valence-corrected chi connectivity index (χ2v) is 6.33. The smallest absolute Gasteiger partial charge is 0.360 e. The number of aryl methyl sites for hydroxylation is 1. The van der Waals surface area contributed by atoms with Crippen LogP contribution in [-0.2, 0) is 11.3 Å². The maximum atomic E-state index is 12.7. The van der Waals surface area contributed by atoms with Gasteiger partial charge in [-0.25, -0.2) is 4.79 Å². The highest BCUT2D eigenvalue weighted by Crippen LogP contribution is 2.21. The Hall–Kier alpha value is -3.61. The molecule has 7 nitrogen and oxygen atoms in total. The lowest BCUT2D eigenvalue weighted by Gasteiger charge is -2.15. The van der Waals surface area contributed by atoms with Crippen molar-refractivity contribution in [2.24, 2.45) is 0 Å². The summed E-state index contributed by atoms with van der Waals surface area (Å²) in [5, 5.41) is 7.43. The number of benzene rings is 2. The molecule has 0 fully saturated rings. The zero-order valence-electron chi connectivity index (χ0n) is 16.6. The molecule has 0 saturated carbocycles. The number of carbonyl (C=O) groups is 1. The predicted molar refractivity (Wildman–Crippen MR) is 111 cm³/mol. The SMILES string of the molecule is CCOC(=O)c1nn(-c2ccccc2C)c(=O)cc1NCc1ccccc1OC. The third-order valence-corrected chi connectivity index (χ3v) is 4.41. The van der Waals surface area contributed by atoms with Gasteiger partial charge in [0.25, 0.3) is 5.56 Å². The number of carbonyl (C=O) groups excluding carboxylic acids is 1. The zero-order chi connectivity index (χ0) is 20.8. The minimum atomic E-state index is -0.600.